The van der Waals surface area contributed by atoms with Crippen LogP contribution in [0, 0.1) is 11.3 Å². The summed E-state index contributed by atoms with van der Waals surface area (Å²) in [4.78, 5) is 18.3. The van der Waals surface area contributed by atoms with Gasteiger partial charge in [0.05, 0.1) is 28.6 Å². The Kier molecular flexibility index (Phi) is 4.98. The van der Waals surface area contributed by atoms with Gasteiger partial charge in [-0.25, -0.2) is 15.0 Å². The lowest BCUT2D eigenvalue weighted by Crippen LogP contribution is -2.02. The maximum absolute atomic E-state index is 9.23. The van der Waals surface area contributed by atoms with E-state index < -0.39 is 0 Å². The van der Waals surface area contributed by atoms with E-state index in [0.29, 0.717) is 51.2 Å². The number of pyridine rings is 3. The number of nitrogen functional groups attached to an aromatic ring is 1. The van der Waals surface area contributed by atoms with E-state index in [0.717, 1.165) is 11.3 Å². The van der Waals surface area contributed by atoms with Crippen molar-refractivity contribution in [3.63, 3.8) is 0 Å². The minimum atomic E-state index is 0.380. The number of benzene rings is 1. The van der Waals surface area contributed by atoms with Crippen molar-refractivity contribution in [3.05, 3.63) is 84.2 Å². The molecule has 5 aromatic rings. The Morgan fingerprint density at radius 2 is 1.78 bits per heavy atom. The normalized spacial score (nSPS) is 10.9. The molecule has 0 unspecified atom stereocenters. The van der Waals surface area contributed by atoms with Crippen LogP contribution in [0.1, 0.15) is 11.1 Å². The number of aromatic nitrogens is 5. The number of nitrogens with zero attached hydrogens (tertiary/aromatic N) is 6. The van der Waals surface area contributed by atoms with Crippen LogP contribution in [0.25, 0.3) is 39.6 Å². The zero-order valence-corrected chi connectivity index (χ0v) is 17.5. The molecule has 0 bridgehead atoms. The van der Waals surface area contributed by atoms with E-state index in [1.807, 2.05) is 53.1 Å². The van der Waals surface area contributed by atoms with Crippen LogP contribution in [-0.4, -0.2) is 24.5 Å². The maximum Gasteiger partial charge on any atom is 0.165 e. The van der Waals surface area contributed by atoms with Gasteiger partial charge in [0.1, 0.15) is 11.3 Å². The van der Waals surface area contributed by atoms with E-state index in [1.165, 1.54) is 0 Å². The molecule has 0 radical (unpaired) electrons. The molecule has 0 atom stereocenters. The van der Waals surface area contributed by atoms with E-state index in [4.69, 9.17) is 27.3 Å². The van der Waals surface area contributed by atoms with Crippen LogP contribution in [0.2, 0.25) is 0 Å². The second-order valence-corrected chi connectivity index (χ2v) is 7.36. The van der Waals surface area contributed by atoms with Gasteiger partial charge in [0.2, 0.25) is 0 Å². The summed E-state index contributed by atoms with van der Waals surface area (Å²) in [5.41, 5.74) is 11.9. The quantitative estimate of drug-likeness (QED) is 0.407. The molecule has 0 aliphatic carbocycles. The fourth-order valence-corrected chi connectivity index (χ4v) is 3.68. The topological polar surface area (TPSA) is 106 Å². The van der Waals surface area contributed by atoms with Crippen molar-refractivity contribution in [3.8, 4) is 34.5 Å². The molecular formula is C24H16ClN7. The predicted molar refractivity (Wildman–Crippen MR) is 124 cm³/mol. The SMILES string of the molecule is N#Cc1ccnc(-c2ccc3nc(-c4cccnc4N)n(-c4ccc(CCl)cc4)c3n2)c1. The Balaban J connectivity index is 1.78. The average molecular weight is 438 g/mol. The highest BCUT2D eigenvalue weighted by molar-refractivity contribution is 6.17. The zero-order chi connectivity index (χ0) is 22.1. The minimum absolute atomic E-state index is 0.380. The first kappa shape index (κ1) is 19.7. The van der Waals surface area contributed by atoms with Crippen LogP contribution in [0.4, 0.5) is 5.82 Å². The maximum atomic E-state index is 9.23. The number of alkyl halides is 1. The Bertz CT molecular complexity index is 1480. The molecule has 7 nitrogen and oxygen atoms in total. The van der Waals surface area contributed by atoms with Gasteiger partial charge >= 0.3 is 0 Å². The van der Waals surface area contributed by atoms with Gasteiger partial charge in [0.25, 0.3) is 0 Å². The number of anilines is 1. The monoisotopic (exact) mass is 437 g/mol. The molecule has 0 aliphatic rings. The molecule has 0 fully saturated rings. The second-order valence-electron chi connectivity index (χ2n) is 7.09. The molecule has 0 amide bonds. The number of hydrogen-bond acceptors (Lipinski definition) is 6. The van der Waals surface area contributed by atoms with Crippen molar-refractivity contribution in [2.75, 3.05) is 5.73 Å². The lowest BCUT2D eigenvalue weighted by molar-refractivity contribution is 1.07. The third kappa shape index (κ3) is 3.43. The fraction of sp³-hybridized carbons (Fsp3) is 0.0417. The van der Waals surface area contributed by atoms with Crippen LogP contribution in [0.3, 0.4) is 0 Å². The number of fused-ring (bicyclic) bond motifs is 1. The van der Waals surface area contributed by atoms with Crippen LogP contribution in [0.5, 0.6) is 0 Å². The zero-order valence-electron chi connectivity index (χ0n) is 16.8. The molecule has 5 rings (SSSR count). The minimum Gasteiger partial charge on any atom is -0.383 e. The molecule has 4 heterocycles. The second kappa shape index (κ2) is 8.10. The summed E-state index contributed by atoms with van der Waals surface area (Å²) in [5.74, 6) is 1.44. The molecule has 32 heavy (non-hydrogen) atoms. The van der Waals surface area contributed by atoms with Crippen LogP contribution < -0.4 is 5.73 Å². The summed E-state index contributed by atoms with van der Waals surface area (Å²) in [5, 5.41) is 9.23. The fourth-order valence-electron chi connectivity index (χ4n) is 3.51. The molecule has 1 aromatic carbocycles. The Hall–Kier alpha value is -4.28. The van der Waals surface area contributed by atoms with Gasteiger partial charge in [-0.1, -0.05) is 12.1 Å². The number of nitrogens with two attached hydrogens (primary N) is 1. The number of rotatable bonds is 4. The highest BCUT2D eigenvalue weighted by Crippen LogP contribution is 2.31. The summed E-state index contributed by atoms with van der Waals surface area (Å²) in [6.45, 7) is 0. The molecule has 154 valence electrons. The molecule has 0 saturated heterocycles. The van der Waals surface area contributed by atoms with Crippen molar-refractivity contribution in [1.82, 2.24) is 24.5 Å². The number of hydrogen-bond donors (Lipinski definition) is 1. The molecule has 2 N–H and O–H groups in total. The summed E-state index contributed by atoms with van der Waals surface area (Å²) >= 11 is 5.97. The van der Waals surface area contributed by atoms with Crippen molar-refractivity contribution < 1.29 is 0 Å². The van der Waals surface area contributed by atoms with Crippen molar-refractivity contribution in [2.45, 2.75) is 5.88 Å². The van der Waals surface area contributed by atoms with E-state index in [9.17, 15) is 5.26 Å². The highest BCUT2D eigenvalue weighted by Gasteiger charge is 2.19. The first-order chi connectivity index (χ1) is 15.7. The lowest BCUT2D eigenvalue weighted by atomic mass is 10.2. The Labute approximate surface area is 188 Å². The summed E-state index contributed by atoms with van der Waals surface area (Å²) in [6.07, 6.45) is 3.25. The van der Waals surface area contributed by atoms with Gasteiger partial charge in [0, 0.05) is 24.0 Å². The third-order valence-electron chi connectivity index (χ3n) is 5.08. The van der Waals surface area contributed by atoms with Gasteiger partial charge < -0.3 is 5.73 Å². The van der Waals surface area contributed by atoms with Crippen LogP contribution >= 0.6 is 11.6 Å². The first-order valence-corrected chi connectivity index (χ1v) is 10.3. The number of halogens is 1. The van der Waals surface area contributed by atoms with Crippen molar-refractivity contribution in [2.24, 2.45) is 0 Å². The van der Waals surface area contributed by atoms with Gasteiger partial charge in [-0.05, 0) is 54.1 Å². The van der Waals surface area contributed by atoms with Gasteiger partial charge in [-0.3, -0.25) is 9.55 Å². The van der Waals surface area contributed by atoms with Crippen LogP contribution in [0.15, 0.2) is 73.1 Å². The first-order valence-electron chi connectivity index (χ1n) is 9.80. The molecule has 8 heteroatoms. The van der Waals surface area contributed by atoms with E-state index >= 15 is 0 Å². The lowest BCUT2D eigenvalue weighted by Gasteiger charge is -2.11. The van der Waals surface area contributed by atoms with Gasteiger partial charge in [0.15, 0.2) is 11.5 Å². The summed E-state index contributed by atoms with van der Waals surface area (Å²) in [7, 11) is 0. The molecule has 4 aromatic heterocycles. The summed E-state index contributed by atoms with van der Waals surface area (Å²) in [6, 6.07) is 20.8. The third-order valence-corrected chi connectivity index (χ3v) is 5.39. The molecule has 0 aliphatic heterocycles. The smallest absolute Gasteiger partial charge is 0.165 e. The molecule has 0 saturated carbocycles. The van der Waals surface area contributed by atoms with Crippen LogP contribution in [-0.2, 0) is 5.88 Å². The summed E-state index contributed by atoms with van der Waals surface area (Å²) < 4.78 is 1.94. The number of nitriles is 1. The predicted octanol–water partition coefficient (Wildman–Crippen LogP) is 4.74. The van der Waals surface area contributed by atoms with E-state index in [2.05, 4.69) is 16.0 Å². The van der Waals surface area contributed by atoms with Crippen molar-refractivity contribution >= 4 is 28.6 Å². The van der Waals surface area contributed by atoms with Gasteiger partial charge in [-0.2, -0.15) is 5.26 Å². The average Bonchev–Trinajstić information content (AvgIpc) is 3.23. The largest absolute Gasteiger partial charge is 0.383 e. The number of imidazole rings is 1. The van der Waals surface area contributed by atoms with Gasteiger partial charge in [-0.15, -0.1) is 11.6 Å². The van der Waals surface area contributed by atoms with E-state index in [-0.39, 0.29) is 0 Å². The van der Waals surface area contributed by atoms with E-state index in [1.54, 1.807) is 24.5 Å². The Morgan fingerprint density at radius 3 is 2.53 bits per heavy atom. The standard InChI is InChI=1S/C24H16ClN7/c25-13-15-3-5-17(6-4-15)32-23(18-2-1-10-29-22(18)27)31-20-8-7-19(30-24(20)32)21-12-16(14-26)9-11-28-21/h1-12H,13H2,(H2,27,29). The highest BCUT2D eigenvalue weighted by atomic mass is 35.5. The van der Waals surface area contributed by atoms with Crippen molar-refractivity contribution in [1.29, 1.82) is 5.26 Å². The molecular weight excluding hydrogens is 422 g/mol. The molecule has 0 spiro atoms. The Morgan fingerprint density at radius 1 is 0.938 bits per heavy atom.